The lowest BCUT2D eigenvalue weighted by Crippen LogP contribution is -2.01. The van der Waals surface area contributed by atoms with Crippen LogP contribution in [0.25, 0.3) is 86.2 Å². The first-order valence-corrected chi connectivity index (χ1v) is 8.64. The van der Waals surface area contributed by atoms with Crippen molar-refractivity contribution in [1.82, 2.24) is 0 Å². The van der Waals surface area contributed by atoms with Crippen molar-refractivity contribution in [2.45, 2.75) is 0 Å². The number of fused-ring (bicyclic) bond motifs is 20. The molecule has 9 aromatic rings. The molecule has 0 spiro atoms. The Morgan fingerprint density at radius 3 is 0.417 bits per heavy atom. The molecule has 0 fully saturated rings. The summed E-state index contributed by atoms with van der Waals surface area (Å²) >= 11 is 0. The predicted octanol–water partition coefficient (Wildman–Crippen LogP) is 6.98. The summed E-state index contributed by atoms with van der Waals surface area (Å²) in [6.45, 7) is 0. The first-order chi connectivity index (χ1) is 11.9. The minimum atomic E-state index is 1.50. The lowest BCUT2D eigenvalue weighted by atomic mass is 9.73. The molecule has 0 aliphatic carbocycles. The van der Waals surface area contributed by atoms with Gasteiger partial charge >= 0.3 is 0 Å². The Hall–Kier alpha value is -3.12. The van der Waals surface area contributed by atoms with E-state index in [-0.39, 0.29) is 0 Å². The molecule has 0 heterocycles. The molecule has 0 saturated heterocycles. The van der Waals surface area contributed by atoms with Gasteiger partial charge in [0.1, 0.15) is 0 Å². The van der Waals surface area contributed by atoms with Crippen LogP contribution < -0.4 is 0 Å². The van der Waals surface area contributed by atoms with Gasteiger partial charge in [-0.25, -0.2) is 0 Å². The molecule has 9 aromatic carbocycles. The van der Waals surface area contributed by atoms with Gasteiger partial charge in [0.05, 0.1) is 0 Å². The van der Waals surface area contributed by atoms with Gasteiger partial charge < -0.3 is 0 Å². The summed E-state index contributed by atoms with van der Waals surface area (Å²) < 4.78 is 0. The summed E-state index contributed by atoms with van der Waals surface area (Å²) in [6.07, 6.45) is 0. The van der Waals surface area contributed by atoms with Crippen molar-refractivity contribution >= 4 is 86.2 Å². The van der Waals surface area contributed by atoms with Crippen LogP contribution in [0.4, 0.5) is 0 Å². The lowest BCUT2D eigenvalue weighted by Gasteiger charge is -2.30. The van der Waals surface area contributed by atoms with Crippen molar-refractivity contribution in [3.63, 3.8) is 0 Å². The SMILES string of the molecule is c1cc2c1c1c2c2c3ccc3c2c2c3ccc3c2c2c3ccc3c12. The Labute approximate surface area is 135 Å². The van der Waals surface area contributed by atoms with E-state index in [0.29, 0.717) is 0 Å². The summed E-state index contributed by atoms with van der Waals surface area (Å²) in [5, 5.41) is 24.3. The van der Waals surface area contributed by atoms with Crippen molar-refractivity contribution in [2.75, 3.05) is 0 Å². The van der Waals surface area contributed by atoms with E-state index in [9.17, 15) is 0 Å². The molecular formula is C24H8. The fourth-order valence-corrected chi connectivity index (χ4v) is 5.65. The predicted molar refractivity (Wildman–Crippen MR) is 105 cm³/mol. The van der Waals surface area contributed by atoms with E-state index in [1.54, 1.807) is 0 Å². The summed E-state index contributed by atoms with van der Waals surface area (Å²) in [5.74, 6) is 0. The van der Waals surface area contributed by atoms with Crippen molar-refractivity contribution < 1.29 is 0 Å². The zero-order chi connectivity index (χ0) is 14.9. The molecule has 0 N–H and O–H groups in total. The minimum Gasteiger partial charge on any atom is -0.0531 e. The molecule has 0 nitrogen and oxygen atoms in total. The standard InChI is InChI=1S/C24H8/c1-2-10-9(1)17-18(10)20-13-5-6-14(13)22(20)24-16-8-7-15(16)23(24)21-12-4-3-11(12)19(17)21/h1-8H. The minimum absolute atomic E-state index is 1.50. The summed E-state index contributed by atoms with van der Waals surface area (Å²) in [6, 6.07) is 18.4. The number of hydrogen-bond donors (Lipinski definition) is 0. The molecule has 0 aliphatic heterocycles. The summed E-state index contributed by atoms with van der Waals surface area (Å²) in [7, 11) is 0. The second-order valence-corrected chi connectivity index (χ2v) is 7.64. The van der Waals surface area contributed by atoms with Crippen molar-refractivity contribution in [3.05, 3.63) is 48.5 Å². The molecule has 0 bridgehead atoms. The third kappa shape index (κ3) is 0.643. The topological polar surface area (TPSA) is 0 Å². The first-order valence-electron chi connectivity index (χ1n) is 8.64. The Bertz CT molecular complexity index is 1380. The normalized spacial score (nSPS) is 14.7. The number of benzene rings is 4. The quantitative estimate of drug-likeness (QED) is 0.283. The molecule has 104 valence electrons. The Kier molecular flexibility index (Phi) is 1.04. The van der Waals surface area contributed by atoms with E-state index in [4.69, 9.17) is 0 Å². The van der Waals surface area contributed by atoms with Crippen LogP contribution >= 0.6 is 0 Å². The fourth-order valence-electron chi connectivity index (χ4n) is 5.65. The maximum absolute atomic E-state index is 2.30. The van der Waals surface area contributed by atoms with E-state index in [0.717, 1.165) is 0 Å². The van der Waals surface area contributed by atoms with Gasteiger partial charge in [0.2, 0.25) is 0 Å². The zero-order valence-corrected chi connectivity index (χ0v) is 12.6. The third-order valence-corrected chi connectivity index (χ3v) is 6.98. The van der Waals surface area contributed by atoms with E-state index in [1.807, 2.05) is 0 Å². The van der Waals surface area contributed by atoms with Crippen LogP contribution in [-0.4, -0.2) is 0 Å². The highest BCUT2D eigenvalue weighted by Gasteiger charge is 2.30. The van der Waals surface area contributed by atoms with Crippen LogP contribution in [0, 0.1) is 0 Å². The maximum Gasteiger partial charge on any atom is -0.000717 e. The van der Waals surface area contributed by atoms with Crippen LogP contribution in [-0.2, 0) is 0 Å². The lowest BCUT2D eigenvalue weighted by molar-refractivity contribution is 1.83. The van der Waals surface area contributed by atoms with Gasteiger partial charge in [-0.2, -0.15) is 0 Å². The number of rotatable bonds is 0. The second kappa shape index (κ2) is 2.53. The van der Waals surface area contributed by atoms with Gasteiger partial charge in [0.15, 0.2) is 0 Å². The summed E-state index contributed by atoms with van der Waals surface area (Å²) in [4.78, 5) is 0. The molecular weight excluding hydrogens is 288 g/mol. The van der Waals surface area contributed by atoms with E-state index in [1.165, 1.54) is 86.2 Å². The van der Waals surface area contributed by atoms with Gasteiger partial charge in [0.25, 0.3) is 0 Å². The van der Waals surface area contributed by atoms with E-state index >= 15 is 0 Å². The van der Waals surface area contributed by atoms with Crippen LogP contribution in [0.5, 0.6) is 0 Å². The van der Waals surface area contributed by atoms with Gasteiger partial charge in [-0.05, 0) is 86.2 Å². The van der Waals surface area contributed by atoms with Gasteiger partial charge in [-0.15, -0.1) is 0 Å². The fraction of sp³-hybridized carbons (Fsp3) is 0. The number of hydrogen-bond acceptors (Lipinski definition) is 0. The van der Waals surface area contributed by atoms with Crippen molar-refractivity contribution in [3.8, 4) is 0 Å². The summed E-state index contributed by atoms with van der Waals surface area (Å²) in [5.41, 5.74) is 0. The molecule has 0 unspecified atom stereocenters. The van der Waals surface area contributed by atoms with Crippen LogP contribution in [0.15, 0.2) is 48.5 Å². The molecule has 0 aromatic heterocycles. The zero-order valence-electron chi connectivity index (χ0n) is 12.6. The highest BCUT2D eigenvalue weighted by Crippen LogP contribution is 2.59. The molecule has 9 rings (SSSR count). The largest absolute Gasteiger partial charge is 0.0531 e. The maximum atomic E-state index is 2.30. The van der Waals surface area contributed by atoms with Crippen LogP contribution in [0.2, 0.25) is 0 Å². The monoisotopic (exact) mass is 296 g/mol. The molecule has 0 atom stereocenters. The molecule has 0 heteroatoms. The highest BCUT2D eigenvalue weighted by atomic mass is 14.3. The molecule has 0 amide bonds. The van der Waals surface area contributed by atoms with Gasteiger partial charge in [0, 0.05) is 0 Å². The Morgan fingerprint density at radius 1 is 0.208 bits per heavy atom. The third-order valence-electron chi connectivity index (χ3n) is 6.98. The molecule has 0 aliphatic rings. The molecule has 24 heavy (non-hydrogen) atoms. The Balaban J connectivity index is 1.81. The van der Waals surface area contributed by atoms with Gasteiger partial charge in [-0.3, -0.25) is 0 Å². The highest BCUT2D eigenvalue weighted by molar-refractivity contribution is 6.59. The van der Waals surface area contributed by atoms with Crippen molar-refractivity contribution in [1.29, 1.82) is 0 Å². The molecule has 0 radical (unpaired) electrons. The van der Waals surface area contributed by atoms with E-state index in [2.05, 4.69) is 48.5 Å². The Morgan fingerprint density at radius 2 is 0.333 bits per heavy atom. The van der Waals surface area contributed by atoms with Gasteiger partial charge in [-0.1, -0.05) is 48.5 Å². The first kappa shape index (κ1) is 9.89. The molecule has 0 saturated carbocycles. The van der Waals surface area contributed by atoms with Crippen molar-refractivity contribution in [2.24, 2.45) is 0 Å². The average molecular weight is 296 g/mol. The van der Waals surface area contributed by atoms with Crippen LogP contribution in [0.1, 0.15) is 0 Å². The van der Waals surface area contributed by atoms with E-state index < -0.39 is 0 Å². The second-order valence-electron chi connectivity index (χ2n) is 7.64. The van der Waals surface area contributed by atoms with Crippen LogP contribution in [0.3, 0.4) is 0 Å². The average Bonchev–Trinajstić information content (AvgIpc) is 2.47. The smallest absolute Gasteiger partial charge is 0.000717 e.